The van der Waals surface area contributed by atoms with Crippen molar-refractivity contribution >= 4 is 22.5 Å². The highest BCUT2D eigenvalue weighted by Gasteiger charge is 2.23. The Bertz CT molecular complexity index is 1310. The lowest BCUT2D eigenvalue weighted by Gasteiger charge is -2.35. The number of hydrogen-bond donors (Lipinski definition) is 0. The van der Waals surface area contributed by atoms with Gasteiger partial charge in [0.1, 0.15) is 5.75 Å². The molecule has 178 valence electrons. The normalized spacial score (nSPS) is 13.9. The second-order valence-corrected chi connectivity index (χ2v) is 9.15. The summed E-state index contributed by atoms with van der Waals surface area (Å²) in [6.45, 7) is 7.03. The SMILES string of the molecule is CC(C)c1ccccc1OCC(=O)N1CCN(c2ccc(-c3cccc4ccccc34)nn2)CC1. The first-order valence-corrected chi connectivity index (χ1v) is 12.2. The number of benzene rings is 3. The summed E-state index contributed by atoms with van der Waals surface area (Å²) in [6, 6.07) is 26.5. The number of amides is 1. The molecule has 0 bridgehead atoms. The molecule has 0 atom stereocenters. The molecule has 1 saturated heterocycles. The number of anilines is 1. The molecule has 35 heavy (non-hydrogen) atoms. The fourth-order valence-corrected chi connectivity index (χ4v) is 4.59. The largest absolute Gasteiger partial charge is 0.483 e. The van der Waals surface area contributed by atoms with Gasteiger partial charge in [-0.25, -0.2) is 0 Å². The quantitative estimate of drug-likeness (QED) is 0.393. The number of carbonyl (C=O) groups is 1. The van der Waals surface area contributed by atoms with E-state index in [1.807, 2.05) is 47.4 Å². The van der Waals surface area contributed by atoms with Crippen LogP contribution >= 0.6 is 0 Å². The Morgan fingerprint density at radius 2 is 1.60 bits per heavy atom. The highest BCUT2D eigenvalue weighted by molar-refractivity contribution is 5.95. The number of rotatable bonds is 6. The molecule has 5 rings (SSSR count). The van der Waals surface area contributed by atoms with Crippen molar-refractivity contribution in [2.75, 3.05) is 37.7 Å². The second kappa shape index (κ2) is 10.1. The lowest BCUT2D eigenvalue weighted by Crippen LogP contribution is -2.50. The van der Waals surface area contributed by atoms with Gasteiger partial charge in [-0.1, -0.05) is 74.5 Å². The highest BCUT2D eigenvalue weighted by Crippen LogP contribution is 2.28. The second-order valence-electron chi connectivity index (χ2n) is 9.15. The van der Waals surface area contributed by atoms with E-state index in [1.165, 1.54) is 10.8 Å². The smallest absolute Gasteiger partial charge is 0.260 e. The Labute approximate surface area is 206 Å². The van der Waals surface area contributed by atoms with Crippen molar-refractivity contribution < 1.29 is 9.53 Å². The number of piperazine rings is 1. The van der Waals surface area contributed by atoms with E-state index in [0.717, 1.165) is 41.5 Å². The average molecular weight is 467 g/mol. The third-order valence-corrected chi connectivity index (χ3v) is 6.56. The molecule has 0 radical (unpaired) electrons. The van der Waals surface area contributed by atoms with Crippen LogP contribution in [0.1, 0.15) is 25.3 Å². The van der Waals surface area contributed by atoms with E-state index < -0.39 is 0 Å². The summed E-state index contributed by atoms with van der Waals surface area (Å²) in [7, 11) is 0. The van der Waals surface area contributed by atoms with Gasteiger partial charge in [0.25, 0.3) is 5.91 Å². The van der Waals surface area contributed by atoms with Crippen molar-refractivity contribution in [3.63, 3.8) is 0 Å². The Morgan fingerprint density at radius 3 is 2.37 bits per heavy atom. The zero-order valence-electron chi connectivity index (χ0n) is 20.2. The van der Waals surface area contributed by atoms with Crippen LogP contribution in [0.25, 0.3) is 22.0 Å². The van der Waals surface area contributed by atoms with E-state index >= 15 is 0 Å². The van der Waals surface area contributed by atoms with E-state index in [-0.39, 0.29) is 12.5 Å². The molecule has 2 heterocycles. The number of ether oxygens (including phenoxy) is 1. The third-order valence-electron chi connectivity index (χ3n) is 6.56. The number of para-hydroxylation sites is 1. The molecule has 1 aliphatic rings. The van der Waals surface area contributed by atoms with Crippen LogP contribution < -0.4 is 9.64 Å². The van der Waals surface area contributed by atoms with Crippen LogP contribution in [0.15, 0.2) is 78.9 Å². The molecule has 6 heteroatoms. The first-order valence-electron chi connectivity index (χ1n) is 12.2. The van der Waals surface area contributed by atoms with Crippen molar-refractivity contribution in [1.29, 1.82) is 0 Å². The predicted octanol–water partition coefficient (Wildman–Crippen LogP) is 5.15. The third kappa shape index (κ3) is 4.97. The predicted molar refractivity (Wildman–Crippen MR) is 140 cm³/mol. The minimum atomic E-state index is 0.0144. The maximum atomic E-state index is 12.8. The minimum Gasteiger partial charge on any atom is -0.483 e. The van der Waals surface area contributed by atoms with Crippen molar-refractivity contribution in [1.82, 2.24) is 15.1 Å². The summed E-state index contributed by atoms with van der Waals surface area (Å²) in [6.07, 6.45) is 0. The fourth-order valence-electron chi connectivity index (χ4n) is 4.59. The molecule has 1 aliphatic heterocycles. The van der Waals surface area contributed by atoms with E-state index in [0.29, 0.717) is 19.0 Å². The monoisotopic (exact) mass is 466 g/mol. The van der Waals surface area contributed by atoms with Crippen LogP contribution in [0.4, 0.5) is 5.82 Å². The highest BCUT2D eigenvalue weighted by atomic mass is 16.5. The lowest BCUT2D eigenvalue weighted by atomic mass is 10.0. The van der Waals surface area contributed by atoms with E-state index in [2.05, 4.69) is 65.3 Å². The maximum absolute atomic E-state index is 12.8. The Balaban J connectivity index is 1.19. The van der Waals surface area contributed by atoms with Crippen molar-refractivity contribution in [3.05, 3.63) is 84.4 Å². The zero-order valence-corrected chi connectivity index (χ0v) is 20.2. The van der Waals surface area contributed by atoms with Gasteiger partial charge in [-0.05, 0) is 40.5 Å². The van der Waals surface area contributed by atoms with Gasteiger partial charge in [0, 0.05) is 31.7 Å². The van der Waals surface area contributed by atoms with E-state index in [9.17, 15) is 4.79 Å². The van der Waals surface area contributed by atoms with Gasteiger partial charge < -0.3 is 14.5 Å². The van der Waals surface area contributed by atoms with Gasteiger partial charge in [0.15, 0.2) is 12.4 Å². The average Bonchev–Trinajstić information content (AvgIpc) is 2.91. The first-order chi connectivity index (χ1) is 17.1. The molecule has 6 nitrogen and oxygen atoms in total. The molecule has 0 N–H and O–H groups in total. The van der Waals surface area contributed by atoms with Crippen molar-refractivity contribution in [2.24, 2.45) is 0 Å². The lowest BCUT2D eigenvalue weighted by molar-refractivity contribution is -0.133. The summed E-state index contributed by atoms with van der Waals surface area (Å²) in [5.41, 5.74) is 3.06. The molecular weight excluding hydrogens is 436 g/mol. The molecule has 1 fully saturated rings. The standard InChI is InChI=1S/C29H30N4O2/c1-21(2)23-10-5-6-13-27(23)35-20-29(34)33-18-16-32(17-19-33)28-15-14-26(30-31-28)25-12-7-9-22-8-3-4-11-24(22)25/h3-15,21H,16-20H2,1-2H3. The van der Waals surface area contributed by atoms with Crippen LogP contribution in [-0.4, -0.2) is 53.8 Å². The van der Waals surface area contributed by atoms with Crippen LogP contribution in [0.2, 0.25) is 0 Å². The van der Waals surface area contributed by atoms with E-state index in [4.69, 9.17) is 4.74 Å². The van der Waals surface area contributed by atoms with Gasteiger partial charge >= 0.3 is 0 Å². The van der Waals surface area contributed by atoms with Gasteiger partial charge in [0.05, 0.1) is 5.69 Å². The minimum absolute atomic E-state index is 0.0144. The molecular formula is C29H30N4O2. The van der Waals surface area contributed by atoms with E-state index in [1.54, 1.807) is 0 Å². The van der Waals surface area contributed by atoms with Crippen LogP contribution in [0.3, 0.4) is 0 Å². The summed E-state index contributed by atoms with van der Waals surface area (Å²) in [5.74, 6) is 1.98. The number of hydrogen-bond acceptors (Lipinski definition) is 5. The molecule has 0 saturated carbocycles. The molecule has 0 unspecified atom stereocenters. The number of nitrogens with zero attached hydrogens (tertiary/aromatic N) is 4. The Morgan fingerprint density at radius 1 is 0.857 bits per heavy atom. The van der Waals surface area contributed by atoms with Crippen LogP contribution in [0, 0.1) is 0 Å². The maximum Gasteiger partial charge on any atom is 0.260 e. The Hall–Kier alpha value is -3.93. The molecule has 1 amide bonds. The van der Waals surface area contributed by atoms with Crippen molar-refractivity contribution in [2.45, 2.75) is 19.8 Å². The van der Waals surface area contributed by atoms with Crippen LogP contribution in [0.5, 0.6) is 5.75 Å². The molecule has 4 aromatic rings. The van der Waals surface area contributed by atoms with Gasteiger partial charge in [-0.3, -0.25) is 4.79 Å². The van der Waals surface area contributed by atoms with Gasteiger partial charge in [-0.15, -0.1) is 10.2 Å². The van der Waals surface area contributed by atoms with Gasteiger partial charge in [0.2, 0.25) is 0 Å². The molecule has 0 spiro atoms. The molecule has 0 aliphatic carbocycles. The fraction of sp³-hybridized carbons (Fsp3) is 0.276. The van der Waals surface area contributed by atoms with Gasteiger partial charge in [-0.2, -0.15) is 0 Å². The summed E-state index contributed by atoms with van der Waals surface area (Å²) < 4.78 is 5.88. The Kier molecular flexibility index (Phi) is 6.62. The summed E-state index contributed by atoms with van der Waals surface area (Å²) in [4.78, 5) is 16.8. The number of fused-ring (bicyclic) bond motifs is 1. The topological polar surface area (TPSA) is 58.6 Å². The first kappa shape index (κ1) is 22.8. The zero-order chi connectivity index (χ0) is 24.2. The summed E-state index contributed by atoms with van der Waals surface area (Å²) >= 11 is 0. The molecule has 1 aromatic heterocycles. The number of carbonyl (C=O) groups excluding carboxylic acids is 1. The molecule has 3 aromatic carbocycles. The summed E-state index contributed by atoms with van der Waals surface area (Å²) in [5, 5.41) is 11.4. The number of aromatic nitrogens is 2. The van der Waals surface area contributed by atoms with Crippen molar-refractivity contribution in [3.8, 4) is 17.0 Å². The van der Waals surface area contributed by atoms with Crippen LogP contribution in [-0.2, 0) is 4.79 Å².